The van der Waals surface area contributed by atoms with Gasteiger partial charge in [-0.1, -0.05) is 152 Å². The van der Waals surface area contributed by atoms with Crippen LogP contribution in [0, 0.1) is 0 Å². The molecular weight excluding hydrogens is 629 g/mol. The first kappa shape index (κ1) is 30.0. The SMILES string of the molecule is c1ccc(-c2ccc(N(c3cccc(-c4ccccc4)c3)c3ccc4cc(-n5c6ccccc6c6ccc7ccccc7c65)ccc4c3)cc2)cc1. The fourth-order valence-electron chi connectivity index (χ4n) is 7.83. The van der Waals surface area contributed by atoms with Crippen LogP contribution in [0.4, 0.5) is 17.1 Å². The molecule has 0 unspecified atom stereocenters. The molecule has 0 aliphatic carbocycles. The number of para-hydroxylation sites is 1. The average Bonchev–Trinajstić information content (AvgIpc) is 3.57. The van der Waals surface area contributed by atoms with Gasteiger partial charge in [0.25, 0.3) is 0 Å². The molecule has 2 heteroatoms. The largest absolute Gasteiger partial charge is 0.310 e. The first-order valence-corrected chi connectivity index (χ1v) is 17.8. The Morgan fingerprint density at radius 2 is 0.885 bits per heavy atom. The third kappa shape index (κ3) is 5.12. The number of aromatic nitrogens is 1. The predicted molar refractivity (Wildman–Crippen MR) is 221 cm³/mol. The molecule has 0 saturated heterocycles. The van der Waals surface area contributed by atoms with Crippen LogP contribution in [-0.2, 0) is 0 Å². The van der Waals surface area contributed by atoms with Crippen LogP contribution >= 0.6 is 0 Å². The Morgan fingerprint density at radius 1 is 0.308 bits per heavy atom. The Labute approximate surface area is 303 Å². The van der Waals surface area contributed by atoms with Crippen molar-refractivity contribution in [1.82, 2.24) is 4.57 Å². The third-order valence-electron chi connectivity index (χ3n) is 10.3. The summed E-state index contributed by atoms with van der Waals surface area (Å²) in [6.07, 6.45) is 0. The van der Waals surface area contributed by atoms with Gasteiger partial charge in [0.1, 0.15) is 0 Å². The van der Waals surface area contributed by atoms with Gasteiger partial charge in [-0.2, -0.15) is 0 Å². The fraction of sp³-hybridized carbons (Fsp3) is 0. The van der Waals surface area contributed by atoms with Gasteiger partial charge in [0.15, 0.2) is 0 Å². The van der Waals surface area contributed by atoms with Crippen molar-refractivity contribution in [3.05, 3.63) is 206 Å². The van der Waals surface area contributed by atoms with E-state index in [1.54, 1.807) is 0 Å². The first-order valence-electron chi connectivity index (χ1n) is 17.8. The molecule has 244 valence electrons. The van der Waals surface area contributed by atoms with Crippen molar-refractivity contribution in [1.29, 1.82) is 0 Å². The molecule has 0 N–H and O–H groups in total. The van der Waals surface area contributed by atoms with E-state index >= 15 is 0 Å². The molecule has 10 aromatic rings. The summed E-state index contributed by atoms with van der Waals surface area (Å²) in [5.41, 5.74) is 11.8. The molecule has 9 aromatic carbocycles. The highest BCUT2D eigenvalue weighted by molar-refractivity contribution is 6.18. The van der Waals surface area contributed by atoms with Crippen molar-refractivity contribution in [2.24, 2.45) is 0 Å². The molecule has 1 heterocycles. The molecule has 0 aliphatic rings. The summed E-state index contributed by atoms with van der Waals surface area (Å²) < 4.78 is 2.44. The standard InChI is InChI=1S/C50H34N2/c1-3-12-35(13-4-1)37-22-27-42(28-23-37)51(43-18-11-17-39(32-43)36-14-5-2-6-15-36)44-29-24-41-34-45(30-25-40(41)33-44)52-49-21-10-9-20-47(49)48-31-26-38-16-7-8-19-46(38)50(48)52/h1-34H. The zero-order chi connectivity index (χ0) is 34.4. The van der Waals surface area contributed by atoms with Gasteiger partial charge in [-0.25, -0.2) is 0 Å². The van der Waals surface area contributed by atoms with E-state index in [1.807, 2.05) is 0 Å². The highest BCUT2D eigenvalue weighted by Crippen LogP contribution is 2.40. The Balaban J connectivity index is 1.11. The van der Waals surface area contributed by atoms with Crippen LogP contribution in [0.3, 0.4) is 0 Å². The maximum Gasteiger partial charge on any atom is 0.0619 e. The quantitative estimate of drug-likeness (QED) is 0.172. The number of anilines is 3. The van der Waals surface area contributed by atoms with Crippen LogP contribution in [0.5, 0.6) is 0 Å². The molecule has 1 aromatic heterocycles. The highest BCUT2D eigenvalue weighted by atomic mass is 15.1. The van der Waals surface area contributed by atoms with Crippen molar-refractivity contribution < 1.29 is 0 Å². The molecule has 10 rings (SSSR count). The minimum absolute atomic E-state index is 1.11. The van der Waals surface area contributed by atoms with Crippen molar-refractivity contribution >= 4 is 60.4 Å². The molecule has 0 saturated carbocycles. The van der Waals surface area contributed by atoms with E-state index in [0.717, 1.165) is 22.7 Å². The Hall–Kier alpha value is -6.90. The molecule has 0 bridgehead atoms. The topological polar surface area (TPSA) is 8.17 Å². The fourth-order valence-corrected chi connectivity index (χ4v) is 7.83. The van der Waals surface area contributed by atoms with Crippen LogP contribution in [0.1, 0.15) is 0 Å². The lowest BCUT2D eigenvalue weighted by Crippen LogP contribution is -2.10. The predicted octanol–water partition coefficient (Wildman–Crippen LogP) is 13.9. The number of benzene rings is 9. The first-order chi connectivity index (χ1) is 25.8. The average molecular weight is 663 g/mol. The lowest BCUT2D eigenvalue weighted by atomic mass is 10.0. The second-order valence-electron chi connectivity index (χ2n) is 13.4. The van der Waals surface area contributed by atoms with Gasteiger partial charge in [0.2, 0.25) is 0 Å². The molecular formula is C50H34N2. The molecule has 0 radical (unpaired) electrons. The summed E-state index contributed by atoms with van der Waals surface area (Å²) in [6.45, 7) is 0. The van der Waals surface area contributed by atoms with Gasteiger partial charge >= 0.3 is 0 Å². The maximum atomic E-state index is 2.44. The van der Waals surface area contributed by atoms with Crippen LogP contribution in [0.2, 0.25) is 0 Å². The van der Waals surface area contributed by atoms with Crippen LogP contribution in [0.15, 0.2) is 206 Å². The third-order valence-corrected chi connectivity index (χ3v) is 10.3. The Morgan fingerprint density at radius 3 is 1.69 bits per heavy atom. The second-order valence-corrected chi connectivity index (χ2v) is 13.4. The van der Waals surface area contributed by atoms with Crippen LogP contribution in [0.25, 0.3) is 71.3 Å². The van der Waals surface area contributed by atoms with Crippen molar-refractivity contribution in [2.45, 2.75) is 0 Å². The molecule has 0 spiro atoms. The summed E-state index contributed by atoms with van der Waals surface area (Å²) in [6, 6.07) is 74.7. The van der Waals surface area contributed by atoms with Crippen LogP contribution in [-0.4, -0.2) is 4.57 Å². The van der Waals surface area contributed by atoms with Crippen molar-refractivity contribution in [3.8, 4) is 27.9 Å². The molecule has 0 amide bonds. The highest BCUT2D eigenvalue weighted by Gasteiger charge is 2.17. The summed E-state index contributed by atoms with van der Waals surface area (Å²) in [7, 11) is 0. The molecule has 0 atom stereocenters. The maximum absolute atomic E-state index is 2.44. The number of hydrogen-bond acceptors (Lipinski definition) is 1. The van der Waals surface area contributed by atoms with E-state index in [-0.39, 0.29) is 0 Å². The van der Waals surface area contributed by atoms with E-state index < -0.39 is 0 Å². The zero-order valence-corrected chi connectivity index (χ0v) is 28.5. The Kier molecular flexibility index (Phi) is 7.18. The number of hydrogen-bond donors (Lipinski definition) is 0. The lowest BCUT2D eigenvalue weighted by Gasteiger charge is -2.26. The number of nitrogens with zero attached hydrogens (tertiary/aromatic N) is 2. The van der Waals surface area contributed by atoms with Gasteiger partial charge in [-0.3, -0.25) is 0 Å². The lowest BCUT2D eigenvalue weighted by molar-refractivity contribution is 1.19. The van der Waals surface area contributed by atoms with E-state index in [4.69, 9.17) is 0 Å². The Bertz CT molecular complexity index is 2890. The van der Waals surface area contributed by atoms with E-state index in [1.165, 1.54) is 65.6 Å². The zero-order valence-electron chi connectivity index (χ0n) is 28.5. The smallest absolute Gasteiger partial charge is 0.0619 e. The van der Waals surface area contributed by atoms with Gasteiger partial charge in [-0.15, -0.1) is 0 Å². The van der Waals surface area contributed by atoms with Gasteiger partial charge in [0, 0.05) is 38.9 Å². The summed E-state index contributed by atoms with van der Waals surface area (Å²) >= 11 is 0. The van der Waals surface area contributed by atoms with Gasteiger partial charge < -0.3 is 9.47 Å². The number of rotatable bonds is 6. The summed E-state index contributed by atoms with van der Waals surface area (Å²) in [5.74, 6) is 0. The molecule has 0 aliphatic heterocycles. The van der Waals surface area contributed by atoms with E-state index in [0.29, 0.717) is 0 Å². The van der Waals surface area contributed by atoms with Gasteiger partial charge in [0.05, 0.1) is 11.0 Å². The monoisotopic (exact) mass is 662 g/mol. The molecule has 0 fully saturated rings. The minimum Gasteiger partial charge on any atom is -0.310 e. The van der Waals surface area contributed by atoms with E-state index in [2.05, 4.69) is 216 Å². The summed E-state index contributed by atoms with van der Waals surface area (Å²) in [4.78, 5) is 2.37. The molecule has 2 nitrogen and oxygen atoms in total. The normalized spacial score (nSPS) is 11.5. The van der Waals surface area contributed by atoms with Crippen LogP contribution < -0.4 is 4.90 Å². The molecule has 52 heavy (non-hydrogen) atoms. The second kappa shape index (κ2) is 12.5. The minimum atomic E-state index is 1.11. The van der Waals surface area contributed by atoms with Crippen molar-refractivity contribution in [2.75, 3.05) is 4.90 Å². The summed E-state index contributed by atoms with van der Waals surface area (Å²) in [5, 5.41) is 7.44. The van der Waals surface area contributed by atoms with E-state index in [9.17, 15) is 0 Å². The van der Waals surface area contributed by atoms with Crippen molar-refractivity contribution in [3.63, 3.8) is 0 Å². The van der Waals surface area contributed by atoms with Gasteiger partial charge in [-0.05, 0) is 93.0 Å². The number of fused-ring (bicyclic) bond motifs is 6.